The quantitative estimate of drug-likeness (QED) is 0.827. The molecular formula is C18H20FN3O2. The number of hydrogen-bond donors (Lipinski definition) is 2. The Kier molecular flexibility index (Phi) is 5.89. The molecule has 0 saturated carbocycles. The molecule has 0 aromatic heterocycles. The molecule has 2 amide bonds. The largest absolute Gasteiger partial charge is 0.376 e. The predicted octanol–water partition coefficient (Wildman–Crippen LogP) is 2.19. The van der Waals surface area contributed by atoms with Crippen LogP contribution in [-0.4, -0.2) is 32.5 Å². The van der Waals surface area contributed by atoms with Crippen molar-refractivity contribution in [1.29, 1.82) is 0 Å². The van der Waals surface area contributed by atoms with E-state index >= 15 is 0 Å². The summed E-state index contributed by atoms with van der Waals surface area (Å²) in [4.78, 5) is 25.7. The third-order valence-corrected chi connectivity index (χ3v) is 3.45. The number of hydrogen-bond acceptors (Lipinski definition) is 3. The highest BCUT2D eigenvalue weighted by Crippen LogP contribution is 2.23. The molecule has 5 nitrogen and oxygen atoms in total. The zero-order chi connectivity index (χ0) is 17.5. The Bertz CT molecular complexity index is 714. The van der Waals surface area contributed by atoms with Crippen LogP contribution in [0.1, 0.15) is 5.56 Å². The summed E-state index contributed by atoms with van der Waals surface area (Å²) in [7, 11) is 3.71. The molecule has 6 heteroatoms. The second-order valence-corrected chi connectivity index (χ2v) is 5.50. The van der Waals surface area contributed by atoms with Crippen LogP contribution in [0.2, 0.25) is 0 Å². The molecule has 126 valence electrons. The summed E-state index contributed by atoms with van der Waals surface area (Å²) in [6.45, 7) is 0.299. The van der Waals surface area contributed by atoms with Gasteiger partial charge in [0.15, 0.2) is 0 Å². The molecule has 0 fully saturated rings. The van der Waals surface area contributed by atoms with Gasteiger partial charge in [0, 0.05) is 20.6 Å². The molecule has 0 atom stereocenters. The Morgan fingerprint density at radius 1 is 1.00 bits per heavy atom. The van der Waals surface area contributed by atoms with Crippen molar-refractivity contribution in [3.8, 4) is 0 Å². The van der Waals surface area contributed by atoms with E-state index in [1.807, 2.05) is 31.1 Å². The maximum Gasteiger partial charge on any atom is 0.313 e. The molecule has 2 N–H and O–H groups in total. The molecule has 2 rings (SSSR count). The number of rotatable bonds is 5. The maximum absolute atomic E-state index is 12.8. The van der Waals surface area contributed by atoms with Crippen molar-refractivity contribution in [3.63, 3.8) is 0 Å². The minimum absolute atomic E-state index is 0.299. The van der Waals surface area contributed by atoms with Gasteiger partial charge in [-0.1, -0.05) is 24.3 Å². The molecule has 0 unspecified atom stereocenters. The number of amides is 2. The highest BCUT2D eigenvalue weighted by molar-refractivity contribution is 6.39. The third kappa shape index (κ3) is 4.81. The van der Waals surface area contributed by atoms with E-state index in [1.54, 1.807) is 24.3 Å². The highest BCUT2D eigenvalue weighted by atomic mass is 19.1. The molecule has 0 spiro atoms. The fourth-order valence-corrected chi connectivity index (χ4v) is 2.20. The first-order valence-electron chi connectivity index (χ1n) is 7.57. The molecule has 2 aromatic rings. The first-order valence-corrected chi connectivity index (χ1v) is 7.57. The van der Waals surface area contributed by atoms with Crippen LogP contribution in [0.4, 0.5) is 15.8 Å². The number of anilines is 2. The van der Waals surface area contributed by atoms with Crippen LogP contribution >= 0.6 is 0 Å². The molecule has 2 aromatic carbocycles. The standard InChI is InChI=1S/C18H20FN3O2/c1-22(2)16-6-4-3-5-15(16)21-18(24)17(23)20-12-11-13-7-9-14(19)10-8-13/h3-10H,11-12H2,1-2H3,(H,20,23)(H,21,24). The lowest BCUT2D eigenvalue weighted by Gasteiger charge is -2.17. The fraction of sp³-hybridized carbons (Fsp3) is 0.222. The van der Waals surface area contributed by atoms with Gasteiger partial charge in [-0.15, -0.1) is 0 Å². The summed E-state index contributed by atoms with van der Waals surface area (Å²) in [6, 6.07) is 13.2. The fourth-order valence-electron chi connectivity index (χ4n) is 2.20. The lowest BCUT2D eigenvalue weighted by molar-refractivity contribution is -0.136. The second kappa shape index (κ2) is 8.10. The Morgan fingerprint density at radius 2 is 1.67 bits per heavy atom. The number of carbonyl (C=O) groups is 2. The first kappa shape index (κ1) is 17.5. The summed E-state index contributed by atoms with van der Waals surface area (Å²) in [5, 5.41) is 5.16. The normalized spacial score (nSPS) is 10.1. The Morgan fingerprint density at radius 3 is 2.33 bits per heavy atom. The molecule has 0 bridgehead atoms. The Balaban J connectivity index is 1.86. The first-order chi connectivity index (χ1) is 11.5. The van der Waals surface area contributed by atoms with E-state index in [-0.39, 0.29) is 5.82 Å². The zero-order valence-electron chi connectivity index (χ0n) is 13.7. The van der Waals surface area contributed by atoms with Crippen molar-refractivity contribution in [3.05, 3.63) is 59.9 Å². The van der Waals surface area contributed by atoms with E-state index in [0.717, 1.165) is 11.3 Å². The molecule has 0 aliphatic rings. The minimum Gasteiger partial charge on any atom is -0.376 e. The van der Waals surface area contributed by atoms with E-state index in [2.05, 4.69) is 10.6 Å². The van der Waals surface area contributed by atoms with Gasteiger partial charge in [0.1, 0.15) is 5.82 Å². The van der Waals surface area contributed by atoms with Crippen molar-refractivity contribution in [2.75, 3.05) is 30.9 Å². The summed E-state index contributed by atoms with van der Waals surface area (Å²) in [5.41, 5.74) is 2.27. The van der Waals surface area contributed by atoms with Gasteiger partial charge in [-0.2, -0.15) is 0 Å². The van der Waals surface area contributed by atoms with E-state index in [9.17, 15) is 14.0 Å². The Hall–Kier alpha value is -2.89. The maximum atomic E-state index is 12.8. The van der Waals surface area contributed by atoms with E-state index < -0.39 is 11.8 Å². The van der Waals surface area contributed by atoms with Gasteiger partial charge >= 0.3 is 11.8 Å². The van der Waals surface area contributed by atoms with Crippen LogP contribution in [-0.2, 0) is 16.0 Å². The van der Waals surface area contributed by atoms with Crippen LogP contribution in [0.5, 0.6) is 0 Å². The lowest BCUT2D eigenvalue weighted by atomic mass is 10.1. The van der Waals surface area contributed by atoms with Crippen molar-refractivity contribution >= 4 is 23.2 Å². The molecule has 24 heavy (non-hydrogen) atoms. The van der Waals surface area contributed by atoms with Gasteiger partial charge in [0.05, 0.1) is 11.4 Å². The Labute approximate surface area is 140 Å². The van der Waals surface area contributed by atoms with E-state index in [1.165, 1.54) is 12.1 Å². The van der Waals surface area contributed by atoms with E-state index in [4.69, 9.17) is 0 Å². The lowest BCUT2D eigenvalue weighted by Crippen LogP contribution is -2.36. The monoisotopic (exact) mass is 329 g/mol. The third-order valence-electron chi connectivity index (χ3n) is 3.45. The molecule has 0 aliphatic heterocycles. The van der Waals surface area contributed by atoms with Crippen LogP contribution in [0.15, 0.2) is 48.5 Å². The highest BCUT2D eigenvalue weighted by Gasteiger charge is 2.15. The molecular weight excluding hydrogens is 309 g/mol. The summed E-state index contributed by atoms with van der Waals surface area (Å²) in [5.74, 6) is -1.73. The number of nitrogens with one attached hydrogen (secondary N) is 2. The van der Waals surface area contributed by atoms with Crippen molar-refractivity contribution in [2.45, 2.75) is 6.42 Å². The molecule has 0 radical (unpaired) electrons. The average Bonchev–Trinajstić information content (AvgIpc) is 2.56. The molecule has 0 heterocycles. The topological polar surface area (TPSA) is 61.4 Å². The van der Waals surface area contributed by atoms with Gasteiger partial charge < -0.3 is 15.5 Å². The van der Waals surface area contributed by atoms with Gasteiger partial charge in [0.25, 0.3) is 0 Å². The smallest absolute Gasteiger partial charge is 0.313 e. The summed E-state index contributed by atoms with van der Waals surface area (Å²) >= 11 is 0. The predicted molar refractivity (Wildman–Crippen MR) is 92.5 cm³/mol. The van der Waals surface area contributed by atoms with Gasteiger partial charge in [-0.25, -0.2) is 4.39 Å². The summed E-state index contributed by atoms with van der Waals surface area (Å²) < 4.78 is 12.8. The van der Waals surface area contributed by atoms with Crippen LogP contribution < -0.4 is 15.5 Å². The number of para-hydroxylation sites is 2. The summed E-state index contributed by atoms with van der Waals surface area (Å²) in [6.07, 6.45) is 0.521. The average molecular weight is 329 g/mol. The molecule has 0 saturated heterocycles. The van der Waals surface area contributed by atoms with Gasteiger partial charge in [-0.3, -0.25) is 9.59 Å². The van der Waals surface area contributed by atoms with Crippen LogP contribution in [0, 0.1) is 5.82 Å². The van der Waals surface area contributed by atoms with E-state index in [0.29, 0.717) is 18.7 Å². The second-order valence-electron chi connectivity index (χ2n) is 5.50. The number of nitrogens with zero attached hydrogens (tertiary/aromatic N) is 1. The van der Waals surface area contributed by atoms with Crippen LogP contribution in [0.3, 0.4) is 0 Å². The van der Waals surface area contributed by atoms with Gasteiger partial charge in [0.2, 0.25) is 0 Å². The van der Waals surface area contributed by atoms with Crippen LogP contribution in [0.25, 0.3) is 0 Å². The van der Waals surface area contributed by atoms with Crippen molar-refractivity contribution in [1.82, 2.24) is 5.32 Å². The minimum atomic E-state index is -0.719. The van der Waals surface area contributed by atoms with Crippen molar-refractivity contribution < 1.29 is 14.0 Å². The van der Waals surface area contributed by atoms with Gasteiger partial charge in [-0.05, 0) is 36.2 Å². The SMILES string of the molecule is CN(C)c1ccccc1NC(=O)C(=O)NCCc1ccc(F)cc1. The zero-order valence-corrected chi connectivity index (χ0v) is 13.7. The number of benzene rings is 2. The number of carbonyl (C=O) groups excluding carboxylic acids is 2. The van der Waals surface area contributed by atoms with Crippen molar-refractivity contribution in [2.24, 2.45) is 0 Å². The number of halogens is 1. The molecule has 0 aliphatic carbocycles.